The highest BCUT2D eigenvalue weighted by Gasteiger charge is 2.32. The number of hydrogen-bond acceptors (Lipinski definition) is 6. The van der Waals surface area contributed by atoms with E-state index < -0.39 is 29.8 Å². The van der Waals surface area contributed by atoms with Gasteiger partial charge in [-0.3, -0.25) is 0 Å². The molecule has 2 aromatic rings. The van der Waals surface area contributed by atoms with Crippen LogP contribution in [0.2, 0.25) is 0 Å². The van der Waals surface area contributed by atoms with Crippen LogP contribution < -0.4 is 10.6 Å². The van der Waals surface area contributed by atoms with Gasteiger partial charge in [0, 0.05) is 10.1 Å². The number of urea groups is 1. The van der Waals surface area contributed by atoms with Gasteiger partial charge in [-0.05, 0) is 31.5 Å². The maximum absolute atomic E-state index is 13.8. The Bertz CT molecular complexity index is 968. The predicted octanol–water partition coefficient (Wildman–Crippen LogP) is 3.11. The fourth-order valence-electron chi connectivity index (χ4n) is 2.91. The largest absolute Gasteiger partial charge is 0.463 e. The molecule has 3 rings (SSSR count). The van der Waals surface area contributed by atoms with Gasteiger partial charge in [-0.25, -0.2) is 18.8 Å². The molecular formula is C19H19FN2O5S. The highest BCUT2D eigenvalue weighted by molar-refractivity contribution is 7.20. The first-order valence-electron chi connectivity index (χ1n) is 8.77. The molecule has 0 bridgehead atoms. The molecule has 28 heavy (non-hydrogen) atoms. The van der Waals surface area contributed by atoms with Crippen molar-refractivity contribution >= 4 is 39.4 Å². The summed E-state index contributed by atoms with van der Waals surface area (Å²) in [7, 11) is 0. The van der Waals surface area contributed by atoms with Gasteiger partial charge in [0.2, 0.25) is 0 Å². The van der Waals surface area contributed by atoms with Gasteiger partial charge in [0.1, 0.15) is 17.3 Å². The number of carbonyl (C=O) groups is 3. The van der Waals surface area contributed by atoms with E-state index in [0.717, 1.165) is 11.3 Å². The summed E-state index contributed by atoms with van der Waals surface area (Å²) in [6, 6.07) is 4.98. The summed E-state index contributed by atoms with van der Waals surface area (Å²) >= 11 is 1.11. The number of nitrogens with one attached hydrogen (secondary N) is 2. The molecule has 0 saturated carbocycles. The van der Waals surface area contributed by atoms with Gasteiger partial charge in [-0.2, -0.15) is 0 Å². The number of thiophene rings is 1. The zero-order valence-electron chi connectivity index (χ0n) is 15.3. The minimum absolute atomic E-state index is 0.174. The third kappa shape index (κ3) is 3.99. The molecule has 1 aliphatic heterocycles. The third-order valence-electron chi connectivity index (χ3n) is 4.20. The lowest BCUT2D eigenvalue weighted by Crippen LogP contribution is -2.51. The Hall–Kier alpha value is -2.94. The van der Waals surface area contributed by atoms with Crippen molar-refractivity contribution in [1.82, 2.24) is 10.6 Å². The fraction of sp³-hybridized carbons (Fsp3) is 0.316. The van der Waals surface area contributed by atoms with Crippen molar-refractivity contribution < 1.29 is 28.2 Å². The van der Waals surface area contributed by atoms with Gasteiger partial charge in [-0.1, -0.05) is 13.0 Å². The van der Waals surface area contributed by atoms with Crippen molar-refractivity contribution in [1.29, 1.82) is 0 Å². The first kappa shape index (κ1) is 19.8. The smallest absolute Gasteiger partial charge is 0.348 e. The van der Waals surface area contributed by atoms with E-state index in [-0.39, 0.29) is 29.4 Å². The number of fused-ring (bicyclic) bond motifs is 1. The van der Waals surface area contributed by atoms with Crippen LogP contribution in [0.3, 0.4) is 0 Å². The highest BCUT2D eigenvalue weighted by Crippen LogP contribution is 2.28. The highest BCUT2D eigenvalue weighted by atomic mass is 32.1. The van der Waals surface area contributed by atoms with Crippen molar-refractivity contribution in [2.75, 3.05) is 13.2 Å². The van der Waals surface area contributed by atoms with Crippen LogP contribution in [0.1, 0.15) is 29.9 Å². The van der Waals surface area contributed by atoms with Crippen LogP contribution in [-0.2, 0) is 14.3 Å². The van der Waals surface area contributed by atoms with Gasteiger partial charge in [-0.15, -0.1) is 11.3 Å². The fourth-order valence-corrected chi connectivity index (χ4v) is 3.88. The molecule has 9 heteroatoms. The van der Waals surface area contributed by atoms with Gasteiger partial charge in [0.15, 0.2) is 0 Å². The maximum Gasteiger partial charge on any atom is 0.348 e. The molecule has 0 aliphatic carbocycles. The first-order valence-corrected chi connectivity index (χ1v) is 9.59. The first-order chi connectivity index (χ1) is 13.4. The number of esters is 2. The number of halogens is 1. The van der Waals surface area contributed by atoms with E-state index in [2.05, 4.69) is 10.6 Å². The average molecular weight is 406 g/mol. The third-order valence-corrected chi connectivity index (χ3v) is 5.28. The molecule has 0 spiro atoms. The number of hydrogen-bond donors (Lipinski definition) is 2. The summed E-state index contributed by atoms with van der Waals surface area (Å²) in [4.78, 5) is 36.8. The van der Waals surface area contributed by atoms with Crippen molar-refractivity contribution in [3.63, 3.8) is 0 Å². The van der Waals surface area contributed by atoms with E-state index in [1.165, 1.54) is 12.1 Å². The quantitative estimate of drug-likeness (QED) is 0.719. The number of benzene rings is 1. The summed E-state index contributed by atoms with van der Waals surface area (Å²) in [5.74, 6) is -1.68. The van der Waals surface area contributed by atoms with E-state index >= 15 is 0 Å². The molecule has 0 radical (unpaired) electrons. The summed E-state index contributed by atoms with van der Waals surface area (Å²) in [6.07, 6.45) is 0.467. The Morgan fingerprint density at radius 2 is 2.00 bits per heavy atom. The lowest BCUT2D eigenvalue weighted by atomic mass is 10.0. The van der Waals surface area contributed by atoms with E-state index in [9.17, 15) is 18.8 Å². The lowest BCUT2D eigenvalue weighted by Gasteiger charge is -2.28. The van der Waals surface area contributed by atoms with E-state index in [1.54, 1.807) is 19.1 Å². The number of rotatable bonds is 6. The normalized spacial score (nSPS) is 16.5. The second-order valence-corrected chi connectivity index (χ2v) is 7.09. The van der Waals surface area contributed by atoms with Crippen LogP contribution >= 0.6 is 11.3 Å². The van der Waals surface area contributed by atoms with Crippen LogP contribution in [-0.4, -0.2) is 37.2 Å². The van der Waals surface area contributed by atoms with Crippen LogP contribution in [0.4, 0.5) is 9.18 Å². The van der Waals surface area contributed by atoms with E-state index in [4.69, 9.17) is 9.47 Å². The van der Waals surface area contributed by atoms with Gasteiger partial charge < -0.3 is 20.1 Å². The molecule has 2 heterocycles. The standard InChI is InChI=1S/C19H19FN2O5S/c1-3-12-16(18(24)26-4-2)13(22-19(25)21-12)9-27-17(23)15-8-10-11(20)6-5-7-14(10)28-15/h5-8,12H,3-4,9H2,1-2H3,(H2,21,22,25)/t12-/m0/s1. The number of ether oxygens (including phenoxy) is 2. The Kier molecular flexibility index (Phi) is 5.93. The Morgan fingerprint density at radius 1 is 1.21 bits per heavy atom. The summed E-state index contributed by atoms with van der Waals surface area (Å²) in [6.45, 7) is 3.35. The molecule has 1 aliphatic rings. The topological polar surface area (TPSA) is 93.7 Å². The van der Waals surface area contributed by atoms with Crippen LogP contribution in [0.15, 0.2) is 35.5 Å². The molecule has 1 atom stereocenters. The molecule has 1 aromatic carbocycles. The van der Waals surface area contributed by atoms with Gasteiger partial charge in [0.05, 0.1) is 23.9 Å². The monoisotopic (exact) mass is 406 g/mol. The van der Waals surface area contributed by atoms with Crippen molar-refractivity contribution in [3.05, 3.63) is 46.2 Å². The molecule has 1 aromatic heterocycles. The van der Waals surface area contributed by atoms with E-state index in [1.807, 2.05) is 6.92 Å². The van der Waals surface area contributed by atoms with Crippen LogP contribution in [0, 0.1) is 5.82 Å². The summed E-state index contributed by atoms with van der Waals surface area (Å²) < 4.78 is 24.8. The molecule has 2 N–H and O–H groups in total. The Balaban J connectivity index is 1.82. The Morgan fingerprint density at radius 3 is 2.68 bits per heavy atom. The molecule has 0 unspecified atom stereocenters. The molecule has 148 valence electrons. The second kappa shape index (κ2) is 8.39. The predicted molar refractivity (Wildman–Crippen MR) is 101 cm³/mol. The SMILES string of the molecule is CCOC(=O)C1=C(COC(=O)c2cc3c(F)cccc3s2)NC(=O)N[C@H]1CC. The summed E-state index contributed by atoms with van der Waals surface area (Å²) in [5, 5.41) is 5.49. The van der Waals surface area contributed by atoms with E-state index in [0.29, 0.717) is 16.5 Å². The summed E-state index contributed by atoms with van der Waals surface area (Å²) in [5.41, 5.74) is 0.397. The molecule has 0 saturated heterocycles. The minimum Gasteiger partial charge on any atom is -0.463 e. The van der Waals surface area contributed by atoms with Crippen LogP contribution in [0.5, 0.6) is 0 Å². The maximum atomic E-state index is 13.8. The minimum atomic E-state index is -0.669. The van der Waals surface area contributed by atoms with Gasteiger partial charge >= 0.3 is 18.0 Å². The molecule has 7 nitrogen and oxygen atoms in total. The molecular weight excluding hydrogens is 387 g/mol. The lowest BCUT2D eigenvalue weighted by molar-refractivity contribution is -0.139. The zero-order valence-corrected chi connectivity index (χ0v) is 16.2. The second-order valence-electron chi connectivity index (χ2n) is 6.01. The number of amides is 2. The Labute approximate surface area is 164 Å². The number of carbonyl (C=O) groups excluding carboxylic acids is 3. The van der Waals surface area contributed by atoms with Crippen molar-refractivity contribution in [3.8, 4) is 0 Å². The van der Waals surface area contributed by atoms with Crippen LogP contribution in [0.25, 0.3) is 10.1 Å². The van der Waals surface area contributed by atoms with Crippen molar-refractivity contribution in [2.24, 2.45) is 0 Å². The van der Waals surface area contributed by atoms with Crippen molar-refractivity contribution in [2.45, 2.75) is 26.3 Å². The van der Waals surface area contributed by atoms with Gasteiger partial charge in [0.25, 0.3) is 0 Å². The molecule has 0 fully saturated rings. The average Bonchev–Trinajstić information content (AvgIpc) is 3.11. The molecule has 2 amide bonds. The zero-order chi connectivity index (χ0) is 20.3.